The molecule has 0 unspecified atom stereocenters. The van der Waals surface area contributed by atoms with Crippen LogP contribution in [0.4, 0.5) is 11.4 Å². The first kappa shape index (κ1) is 21.9. The van der Waals surface area contributed by atoms with Gasteiger partial charge in [-0.2, -0.15) is 0 Å². The van der Waals surface area contributed by atoms with Crippen molar-refractivity contribution in [1.29, 1.82) is 0 Å². The third-order valence-corrected chi connectivity index (χ3v) is 4.59. The highest BCUT2D eigenvalue weighted by Gasteiger charge is 2.14. The van der Waals surface area contributed by atoms with Crippen molar-refractivity contribution < 1.29 is 19.1 Å². The van der Waals surface area contributed by atoms with E-state index in [-0.39, 0.29) is 11.8 Å². The Kier molecular flexibility index (Phi) is 7.27. The van der Waals surface area contributed by atoms with E-state index in [1.165, 1.54) is 0 Å². The number of hydrogen-bond acceptors (Lipinski definition) is 4. The Hall–Kier alpha value is -3.80. The molecule has 6 heteroatoms. The Labute approximate surface area is 182 Å². The number of rotatable bonds is 8. The second-order valence-electron chi connectivity index (χ2n) is 6.83. The van der Waals surface area contributed by atoms with Crippen molar-refractivity contribution >= 4 is 23.2 Å². The maximum Gasteiger partial charge on any atom is 0.255 e. The van der Waals surface area contributed by atoms with Crippen LogP contribution in [-0.4, -0.2) is 25.0 Å². The van der Waals surface area contributed by atoms with E-state index in [0.29, 0.717) is 47.2 Å². The minimum Gasteiger partial charge on any atom is -0.490 e. The molecular weight excluding hydrogens is 392 g/mol. The summed E-state index contributed by atoms with van der Waals surface area (Å²) >= 11 is 0. The third kappa shape index (κ3) is 5.63. The molecule has 2 amide bonds. The highest BCUT2D eigenvalue weighted by Crippen LogP contribution is 2.29. The second kappa shape index (κ2) is 10.3. The van der Waals surface area contributed by atoms with E-state index in [2.05, 4.69) is 10.6 Å². The normalized spacial score (nSPS) is 10.3. The molecule has 0 saturated carbocycles. The molecular formula is C25H26N2O4. The number of carbonyl (C=O) groups is 2. The van der Waals surface area contributed by atoms with E-state index in [1.54, 1.807) is 42.5 Å². The van der Waals surface area contributed by atoms with Crippen LogP contribution in [0.15, 0.2) is 66.7 Å². The van der Waals surface area contributed by atoms with Crippen LogP contribution in [0.5, 0.6) is 11.5 Å². The Morgan fingerprint density at radius 3 is 2.13 bits per heavy atom. The summed E-state index contributed by atoms with van der Waals surface area (Å²) in [6, 6.07) is 19.4. The van der Waals surface area contributed by atoms with Crippen molar-refractivity contribution in [3.8, 4) is 11.5 Å². The molecule has 2 N–H and O–H groups in total. The topological polar surface area (TPSA) is 76.7 Å². The molecule has 6 nitrogen and oxygen atoms in total. The maximum absolute atomic E-state index is 12.9. The Bertz CT molecular complexity index is 1060. The summed E-state index contributed by atoms with van der Waals surface area (Å²) < 4.78 is 11.2. The molecule has 0 atom stereocenters. The maximum atomic E-state index is 12.9. The summed E-state index contributed by atoms with van der Waals surface area (Å²) in [5.74, 6) is 0.633. The van der Waals surface area contributed by atoms with Crippen molar-refractivity contribution in [2.45, 2.75) is 20.8 Å². The monoisotopic (exact) mass is 418 g/mol. The summed E-state index contributed by atoms with van der Waals surface area (Å²) in [6.45, 7) is 6.63. The van der Waals surface area contributed by atoms with Gasteiger partial charge in [-0.05, 0) is 68.8 Å². The predicted octanol–water partition coefficient (Wildman–Crippen LogP) is 5.30. The molecule has 0 fully saturated rings. The van der Waals surface area contributed by atoms with Gasteiger partial charge in [-0.15, -0.1) is 0 Å². The number of ether oxygens (including phenoxy) is 2. The molecule has 0 bridgehead atoms. The van der Waals surface area contributed by atoms with Crippen molar-refractivity contribution in [2.75, 3.05) is 23.8 Å². The Morgan fingerprint density at radius 1 is 0.742 bits per heavy atom. The third-order valence-electron chi connectivity index (χ3n) is 4.59. The first-order chi connectivity index (χ1) is 15.0. The van der Waals surface area contributed by atoms with Crippen molar-refractivity contribution in [3.63, 3.8) is 0 Å². The van der Waals surface area contributed by atoms with Crippen molar-refractivity contribution in [1.82, 2.24) is 0 Å². The van der Waals surface area contributed by atoms with Crippen LogP contribution in [0.1, 0.15) is 40.1 Å². The van der Waals surface area contributed by atoms with Gasteiger partial charge in [-0.25, -0.2) is 0 Å². The van der Waals surface area contributed by atoms with Gasteiger partial charge in [0.25, 0.3) is 11.8 Å². The molecule has 0 aliphatic carbocycles. The van der Waals surface area contributed by atoms with E-state index in [0.717, 1.165) is 5.56 Å². The Morgan fingerprint density at radius 2 is 1.42 bits per heavy atom. The average Bonchev–Trinajstić information content (AvgIpc) is 2.78. The first-order valence-corrected chi connectivity index (χ1v) is 10.2. The lowest BCUT2D eigenvalue weighted by atomic mass is 10.1. The quantitative estimate of drug-likeness (QED) is 0.521. The summed E-state index contributed by atoms with van der Waals surface area (Å²) in [5.41, 5.74) is 3.10. The zero-order chi connectivity index (χ0) is 22.2. The molecule has 3 aromatic rings. The highest BCUT2D eigenvalue weighted by molar-refractivity contribution is 6.07. The van der Waals surface area contributed by atoms with E-state index in [4.69, 9.17) is 9.47 Å². The summed E-state index contributed by atoms with van der Waals surface area (Å²) in [7, 11) is 0. The fourth-order valence-electron chi connectivity index (χ4n) is 3.01. The lowest BCUT2D eigenvalue weighted by Crippen LogP contribution is -2.15. The van der Waals surface area contributed by atoms with E-state index >= 15 is 0 Å². The molecule has 31 heavy (non-hydrogen) atoms. The molecule has 0 aromatic heterocycles. The smallest absolute Gasteiger partial charge is 0.255 e. The molecule has 0 saturated heterocycles. The lowest BCUT2D eigenvalue weighted by Gasteiger charge is -2.14. The number of amides is 2. The van der Waals surface area contributed by atoms with Crippen molar-refractivity contribution in [2.24, 2.45) is 0 Å². The summed E-state index contributed by atoms with van der Waals surface area (Å²) in [4.78, 5) is 25.3. The minimum atomic E-state index is -0.279. The van der Waals surface area contributed by atoms with Crippen LogP contribution in [0.2, 0.25) is 0 Å². The Balaban J connectivity index is 1.77. The first-order valence-electron chi connectivity index (χ1n) is 10.2. The molecule has 160 valence electrons. The van der Waals surface area contributed by atoms with Gasteiger partial charge in [0, 0.05) is 22.5 Å². The van der Waals surface area contributed by atoms with Gasteiger partial charge >= 0.3 is 0 Å². The van der Waals surface area contributed by atoms with Gasteiger partial charge in [-0.3, -0.25) is 9.59 Å². The van der Waals surface area contributed by atoms with Gasteiger partial charge in [0.05, 0.1) is 13.2 Å². The number of anilines is 2. The van der Waals surface area contributed by atoms with E-state index in [9.17, 15) is 9.59 Å². The van der Waals surface area contributed by atoms with Crippen LogP contribution in [-0.2, 0) is 0 Å². The molecule has 0 aliphatic rings. The summed E-state index contributed by atoms with van der Waals surface area (Å²) in [5, 5.41) is 5.77. The molecule has 0 radical (unpaired) electrons. The summed E-state index contributed by atoms with van der Waals surface area (Å²) in [6.07, 6.45) is 0. The molecule has 0 heterocycles. The molecule has 3 rings (SSSR count). The number of benzene rings is 3. The van der Waals surface area contributed by atoms with Crippen molar-refractivity contribution in [3.05, 3.63) is 83.4 Å². The number of hydrogen-bond donors (Lipinski definition) is 2. The van der Waals surface area contributed by atoms with Crippen LogP contribution < -0.4 is 20.1 Å². The van der Waals surface area contributed by atoms with Gasteiger partial charge in [0.2, 0.25) is 0 Å². The highest BCUT2D eigenvalue weighted by atomic mass is 16.5. The van der Waals surface area contributed by atoms with Crippen LogP contribution in [0.3, 0.4) is 0 Å². The fraction of sp³-hybridized carbons (Fsp3) is 0.200. The molecule has 0 spiro atoms. The number of nitrogens with one attached hydrogen (secondary N) is 2. The molecule has 0 aliphatic heterocycles. The van der Waals surface area contributed by atoms with E-state index < -0.39 is 0 Å². The average molecular weight is 418 g/mol. The zero-order valence-electron chi connectivity index (χ0n) is 17.9. The second-order valence-corrected chi connectivity index (χ2v) is 6.83. The fourth-order valence-corrected chi connectivity index (χ4v) is 3.01. The van der Waals surface area contributed by atoms with Gasteiger partial charge in [-0.1, -0.05) is 24.3 Å². The lowest BCUT2D eigenvalue weighted by molar-refractivity contribution is 0.101. The van der Waals surface area contributed by atoms with Gasteiger partial charge < -0.3 is 20.1 Å². The number of aryl methyl sites for hydroxylation is 1. The van der Waals surface area contributed by atoms with E-state index in [1.807, 2.05) is 45.0 Å². The molecule has 3 aromatic carbocycles. The van der Waals surface area contributed by atoms with Gasteiger partial charge in [0.15, 0.2) is 11.5 Å². The minimum absolute atomic E-state index is 0.213. The van der Waals surface area contributed by atoms with Gasteiger partial charge in [0.1, 0.15) is 0 Å². The SMILES string of the molecule is CCOc1ccc(C(=O)Nc2cc(NC(=O)c3ccccc3)ccc2C)cc1OCC. The zero-order valence-corrected chi connectivity index (χ0v) is 17.9. The van der Waals surface area contributed by atoms with Crippen LogP contribution in [0, 0.1) is 6.92 Å². The standard InChI is InChI=1S/C25H26N2O4/c1-4-30-22-14-12-19(15-23(22)31-5-2)25(29)27-21-16-20(13-11-17(21)3)26-24(28)18-9-7-6-8-10-18/h6-16H,4-5H2,1-3H3,(H,26,28)(H,27,29). The van der Waals surface area contributed by atoms with Crippen LogP contribution >= 0.6 is 0 Å². The van der Waals surface area contributed by atoms with Crippen LogP contribution in [0.25, 0.3) is 0 Å². The largest absolute Gasteiger partial charge is 0.490 e. The predicted molar refractivity (Wildman–Crippen MR) is 122 cm³/mol. The number of carbonyl (C=O) groups excluding carboxylic acids is 2.